The van der Waals surface area contributed by atoms with Crippen LogP contribution in [0.4, 0.5) is 5.69 Å². The van der Waals surface area contributed by atoms with Crippen molar-refractivity contribution >= 4 is 29.1 Å². The van der Waals surface area contributed by atoms with Crippen molar-refractivity contribution in [2.75, 3.05) is 25.1 Å². The highest BCUT2D eigenvalue weighted by atomic mass is 35.5. The Labute approximate surface area is 151 Å². The lowest BCUT2D eigenvalue weighted by Crippen LogP contribution is -2.31. The fourth-order valence-corrected chi connectivity index (χ4v) is 3.13. The number of carbonyl (C=O) groups excluding carboxylic acids is 2. The summed E-state index contributed by atoms with van der Waals surface area (Å²) >= 11 is 6.03. The molecule has 0 spiro atoms. The van der Waals surface area contributed by atoms with Crippen LogP contribution in [-0.2, 0) is 4.79 Å². The van der Waals surface area contributed by atoms with E-state index >= 15 is 0 Å². The van der Waals surface area contributed by atoms with Crippen LogP contribution in [0.1, 0.15) is 16.8 Å². The molecule has 1 N–H and O–H groups in total. The van der Waals surface area contributed by atoms with E-state index in [1.807, 2.05) is 24.3 Å². The molecular formula is C19H19ClN2O3. The first-order valence-corrected chi connectivity index (χ1v) is 8.43. The number of anilines is 1. The van der Waals surface area contributed by atoms with E-state index in [0.29, 0.717) is 30.1 Å². The average Bonchev–Trinajstić information content (AvgIpc) is 3.01. The highest BCUT2D eigenvalue weighted by molar-refractivity contribution is 6.33. The number of ether oxygens (including phenoxy) is 1. The minimum atomic E-state index is -0.221. The van der Waals surface area contributed by atoms with E-state index in [2.05, 4.69) is 5.32 Å². The lowest BCUT2D eigenvalue weighted by atomic mass is 10.1. The van der Waals surface area contributed by atoms with Crippen LogP contribution in [0.15, 0.2) is 48.5 Å². The van der Waals surface area contributed by atoms with Crippen LogP contribution < -0.4 is 15.0 Å². The molecule has 1 heterocycles. The zero-order chi connectivity index (χ0) is 17.8. The van der Waals surface area contributed by atoms with Crippen molar-refractivity contribution in [2.24, 2.45) is 5.92 Å². The van der Waals surface area contributed by atoms with Gasteiger partial charge in [0.1, 0.15) is 5.75 Å². The summed E-state index contributed by atoms with van der Waals surface area (Å²) in [5, 5.41) is 3.29. The molecule has 2 aromatic rings. The second kappa shape index (κ2) is 7.57. The number of methoxy groups -OCH3 is 1. The first kappa shape index (κ1) is 17.3. The third-order valence-electron chi connectivity index (χ3n) is 4.26. The summed E-state index contributed by atoms with van der Waals surface area (Å²) in [6.07, 6.45) is 0.412. The quantitative estimate of drug-likeness (QED) is 0.893. The molecule has 0 unspecified atom stereocenters. The molecule has 130 valence electrons. The summed E-state index contributed by atoms with van der Waals surface area (Å²) in [7, 11) is 1.60. The minimum Gasteiger partial charge on any atom is -0.497 e. The molecule has 1 aliphatic heterocycles. The van der Waals surface area contributed by atoms with Crippen LogP contribution in [0.5, 0.6) is 5.75 Å². The Kier molecular flexibility index (Phi) is 5.24. The maximum absolute atomic E-state index is 12.3. The fraction of sp³-hybridized carbons (Fsp3) is 0.263. The van der Waals surface area contributed by atoms with E-state index in [-0.39, 0.29) is 17.7 Å². The number of benzene rings is 2. The second-order valence-corrected chi connectivity index (χ2v) is 6.37. The van der Waals surface area contributed by atoms with Gasteiger partial charge in [-0.1, -0.05) is 23.7 Å². The summed E-state index contributed by atoms with van der Waals surface area (Å²) in [5.41, 5.74) is 1.28. The Bertz CT molecular complexity index is 776. The van der Waals surface area contributed by atoms with Gasteiger partial charge in [-0.2, -0.15) is 0 Å². The summed E-state index contributed by atoms with van der Waals surface area (Å²) in [6.45, 7) is 1.01. The highest BCUT2D eigenvalue weighted by Crippen LogP contribution is 2.26. The SMILES string of the molecule is COc1ccc(N2C[C@@H](CNC(=O)c3ccccc3Cl)CC2=O)cc1. The number of halogens is 1. The number of amides is 2. The van der Waals surface area contributed by atoms with Crippen LogP contribution >= 0.6 is 11.6 Å². The Balaban J connectivity index is 1.59. The van der Waals surface area contributed by atoms with Gasteiger partial charge in [-0.3, -0.25) is 9.59 Å². The van der Waals surface area contributed by atoms with Crippen molar-refractivity contribution in [1.29, 1.82) is 0 Å². The lowest BCUT2D eigenvalue weighted by molar-refractivity contribution is -0.117. The van der Waals surface area contributed by atoms with Crippen LogP contribution in [0.25, 0.3) is 0 Å². The molecule has 1 saturated heterocycles. The molecular weight excluding hydrogens is 340 g/mol. The van der Waals surface area contributed by atoms with Gasteiger partial charge in [-0.05, 0) is 36.4 Å². The number of carbonyl (C=O) groups is 2. The van der Waals surface area contributed by atoms with Crippen LogP contribution in [0.3, 0.4) is 0 Å². The van der Waals surface area contributed by atoms with Gasteiger partial charge in [0.2, 0.25) is 5.91 Å². The molecule has 0 saturated carbocycles. The molecule has 0 aliphatic carbocycles. The van der Waals surface area contributed by atoms with E-state index in [1.54, 1.807) is 36.3 Å². The maximum Gasteiger partial charge on any atom is 0.252 e. The maximum atomic E-state index is 12.3. The van der Waals surface area contributed by atoms with Gasteiger partial charge in [-0.25, -0.2) is 0 Å². The van der Waals surface area contributed by atoms with Crippen molar-refractivity contribution in [3.05, 3.63) is 59.1 Å². The summed E-state index contributed by atoms with van der Waals surface area (Å²) in [5.74, 6) is 0.656. The van der Waals surface area contributed by atoms with E-state index in [1.165, 1.54) is 0 Å². The molecule has 5 nitrogen and oxygen atoms in total. The van der Waals surface area contributed by atoms with Crippen LogP contribution in [0.2, 0.25) is 5.02 Å². The van der Waals surface area contributed by atoms with Crippen molar-refractivity contribution < 1.29 is 14.3 Å². The van der Waals surface area contributed by atoms with Gasteiger partial charge in [-0.15, -0.1) is 0 Å². The summed E-state index contributed by atoms with van der Waals surface area (Å²) in [4.78, 5) is 26.2. The van der Waals surface area contributed by atoms with E-state index in [4.69, 9.17) is 16.3 Å². The molecule has 1 atom stereocenters. The predicted molar refractivity (Wildman–Crippen MR) is 97.2 cm³/mol. The molecule has 2 aromatic carbocycles. The standard InChI is InChI=1S/C19H19ClN2O3/c1-25-15-8-6-14(7-9-15)22-12-13(10-18(22)23)11-21-19(24)16-4-2-3-5-17(16)20/h2-9,13H,10-12H2,1H3,(H,21,24)/t13-/m1/s1. The molecule has 0 bridgehead atoms. The van der Waals surface area contributed by atoms with Gasteiger partial charge in [0.05, 0.1) is 17.7 Å². The number of rotatable bonds is 5. The van der Waals surface area contributed by atoms with E-state index in [0.717, 1.165) is 11.4 Å². The van der Waals surface area contributed by atoms with Gasteiger partial charge in [0.15, 0.2) is 0 Å². The average molecular weight is 359 g/mol. The minimum absolute atomic E-state index is 0.0576. The zero-order valence-corrected chi connectivity index (χ0v) is 14.6. The Morgan fingerprint density at radius 2 is 1.96 bits per heavy atom. The molecule has 0 aromatic heterocycles. The number of nitrogens with one attached hydrogen (secondary N) is 1. The summed E-state index contributed by atoms with van der Waals surface area (Å²) < 4.78 is 5.13. The van der Waals surface area contributed by atoms with E-state index < -0.39 is 0 Å². The smallest absolute Gasteiger partial charge is 0.252 e. The van der Waals surface area contributed by atoms with Crippen molar-refractivity contribution in [3.8, 4) is 5.75 Å². The number of nitrogens with zero attached hydrogens (tertiary/aromatic N) is 1. The van der Waals surface area contributed by atoms with Gasteiger partial charge in [0, 0.05) is 31.1 Å². The second-order valence-electron chi connectivity index (χ2n) is 5.96. The van der Waals surface area contributed by atoms with Gasteiger partial charge < -0.3 is 15.0 Å². The molecule has 6 heteroatoms. The third kappa shape index (κ3) is 3.94. The Morgan fingerprint density at radius 3 is 2.64 bits per heavy atom. The first-order valence-electron chi connectivity index (χ1n) is 8.05. The molecule has 3 rings (SSSR count). The van der Waals surface area contributed by atoms with Crippen LogP contribution in [-0.4, -0.2) is 32.0 Å². The van der Waals surface area contributed by atoms with Crippen molar-refractivity contribution in [1.82, 2.24) is 5.32 Å². The zero-order valence-electron chi connectivity index (χ0n) is 13.9. The van der Waals surface area contributed by atoms with E-state index in [9.17, 15) is 9.59 Å². The summed E-state index contributed by atoms with van der Waals surface area (Å²) in [6, 6.07) is 14.3. The molecule has 25 heavy (non-hydrogen) atoms. The lowest BCUT2D eigenvalue weighted by Gasteiger charge is -2.17. The fourth-order valence-electron chi connectivity index (χ4n) is 2.91. The molecule has 1 aliphatic rings. The Morgan fingerprint density at radius 1 is 1.24 bits per heavy atom. The predicted octanol–water partition coefficient (Wildman–Crippen LogP) is 3.13. The molecule has 2 amide bonds. The topological polar surface area (TPSA) is 58.6 Å². The Hall–Kier alpha value is -2.53. The van der Waals surface area contributed by atoms with Crippen molar-refractivity contribution in [3.63, 3.8) is 0 Å². The molecule has 0 radical (unpaired) electrons. The van der Waals surface area contributed by atoms with Crippen molar-refractivity contribution in [2.45, 2.75) is 6.42 Å². The van der Waals surface area contributed by atoms with Gasteiger partial charge >= 0.3 is 0 Å². The third-order valence-corrected chi connectivity index (χ3v) is 4.59. The van der Waals surface area contributed by atoms with Gasteiger partial charge in [0.25, 0.3) is 5.91 Å². The normalized spacial score (nSPS) is 16.8. The largest absolute Gasteiger partial charge is 0.497 e. The number of hydrogen-bond donors (Lipinski definition) is 1. The first-order chi connectivity index (χ1) is 12.1. The number of hydrogen-bond acceptors (Lipinski definition) is 3. The molecule has 1 fully saturated rings. The highest BCUT2D eigenvalue weighted by Gasteiger charge is 2.30. The monoisotopic (exact) mass is 358 g/mol. The van der Waals surface area contributed by atoms with Crippen LogP contribution in [0, 0.1) is 5.92 Å².